The van der Waals surface area contributed by atoms with Crippen LogP contribution in [0.2, 0.25) is 0 Å². The fourth-order valence-corrected chi connectivity index (χ4v) is 2.62. The van der Waals surface area contributed by atoms with Crippen LogP contribution in [-0.4, -0.2) is 30.0 Å². The van der Waals surface area contributed by atoms with E-state index in [1.54, 1.807) is 45.9 Å². The van der Waals surface area contributed by atoms with Gasteiger partial charge in [0.15, 0.2) is 0 Å². The van der Waals surface area contributed by atoms with Crippen LogP contribution in [0, 0.1) is 5.82 Å². The Bertz CT molecular complexity index is 669. The van der Waals surface area contributed by atoms with Crippen molar-refractivity contribution in [2.45, 2.75) is 78.2 Å². The number of halogens is 1. The SMILES string of the molecule is CC(NC(=O)OC(C)(C)C)c1cccc(B2OC(C)(C)C(C)(C)O2)c1F. The molecule has 26 heavy (non-hydrogen) atoms. The van der Waals surface area contributed by atoms with Crippen LogP contribution >= 0.6 is 0 Å². The van der Waals surface area contributed by atoms with Gasteiger partial charge >= 0.3 is 13.2 Å². The van der Waals surface area contributed by atoms with E-state index < -0.39 is 41.9 Å². The van der Waals surface area contributed by atoms with E-state index in [1.165, 1.54) is 0 Å². The average Bonchev–Trinajstić information content (AvgIpc) is 2.64. The molecule has 0 saturated carbocycles. The molecule has 1 saturated heterocycles. The lowest BCUT2D eigenvalue weighted by Gasteiger charge is -2.32. The van der Waals surface area contributed by atoms with Crippen LogP contribution < -0.4 is 10.8 Å². The summed E-state index contributed by atoms with van der Waals surface area (Å²) in [6.07, 6.45) is -0.592. The van der Waals surface area contributed by atoms with Crippen molar-refractivity contribution in [1.29, 1.82) is 0 Å². The zero-order chi connectivity index (χ0) is 19.9. The summed E-state index contributed by atoms with van der Waals surface area (Å²) in [5, 5.41) is 2.66. The summed E-state index contributed by atoms with van der Waals surface area (Å²) in [6.45, 7) is 14.7. The highest BCUT2D eigenvalue weighted by Gasteiger charge is 2.52. The molecule has 1 aliphatic rings. The number of carbonyl (C=O) groups is 1. The maximum absolute atomic E-state index is 15.1. The number of nitrogens with one attached hydrogen (secondary N) is 1. The first-order valence-electron chi connectivity index (χ1n) is 8.87. The Morgan fingerprint density at radius 3 is 2.23 bits per heavy atom. The fourth-order valence-electron chi connectivity index (χ4n) is 2.62. The van der Waals surface area contributed by atoms with Crippen LogP contribution in [0.3, 0.4) is 0 Å². The van der Waals surface area contributed by atoms with E-state index in [-0.39, 0.29) is 0 Å². The van der Waals surface area contributed by atoms with Crippen LogP contribution in [0.5, 0.6) is 0 Å². The molecule has 1 unspecified atom stereocenters. The Morgan fingerprint density at radius 1 is 1.19 bits per heavy atom. The quantitative estimate of drug-likeness (QED) is 0.830. The van der Waals surface area contributed by atoms with Gasteiger partial charge in [0, 0.05) is 11.0 Å². The molecule has 0 radical (unpaired) electrons. The molecule has 2 rings (SSSR count). The molecular weight excluding hydrogens is 336 g/mol. The van der Waals surface area contributed by atoms with E-state index >= 15 is 4.39 Å². The van der Waals surface area contributed by atoms with Crippen LogP contribution in [-0.2, 0) is 14.0 Å². The molecule has 0 aliphatic carbocycles. The van der Waals surface area contributed by atoms with Crippen LogP contribution in [0.25, 0.3) is 0 Å². The summed E-state index contributed by atoms with van der Waals surface area (Å²) < 4.78 is 32.2. The molecule has 1 amide bonds. The highest BCUT2D eigenvalue weighted by atomic mass is 19.1. The molecule has 1 aromatic carbocycles. The number of rotatable bonds is 3. The van der Waals surface area contributed by atoms with Crippen molar-refractivity contribution in [3.8, 4) is 0 Å². The number of hydrogen-bond acceptors (Lipinski definition) is 4. The van der Waals surface area contributed by atoms with E-state index in [1.807, 2.05) is 27.7 Å². The number of carbonyl (C=O) groups excluding carboxylic acids is 1. The maximum atomic E-state index is 15.1. The largest absolute Gasteiger partial charge is 0.497 e. The molecule has 5 nitrogen and oxygen atoms in total. The van der Waals surface area contributed by atoms with Crippen LogP contribution in [0.15, 0.2) is 18.2 Å². The number of ether oxygens (including phenoxy) is 1. The molecule has 1 fully saturated rings. The molecule has 1 heterocycles. The summed E-state index contributed by atoms with van der Waals surface area (Å²) in [5.74, 6) is -0.449. The van der Waals surface area contributed by atoms with Gasteiger partial charge in [-0.05, 0) is 55.4 Å². The predicted octanol–water partition coefficient (Wildman–Crippen LogP) is 3.71. The smallest absolute Gasteiger partial charge is 0.444 e. The lowest BCUT2D eigenvalue weighted by molar-refractivity contribution is 0.00578. The molecule has 144 valence electrons. The predicted molar refractivity (Wildman–Crippen MR) is 99.9 cm³/mol. The first-order chi connectivity index (χ1) is 11.7. The Morgan fingerprint density at radius 2 is 1.73 bits per heavy atom. The van der Waals surface area contributed by atoms with Crippen molar-refractivity contribution in [2.75, 3.05) is 0 Å². The minimum atomic E-state index is -0.798. The first kappa shape index (κ1) is 20.7. The van der Waals surface area contributed by atoms with Gasteiger partial charge in [0.05, 0.1) is 17.2 Å². The third-order valence-corrected chi connectivity index (χ3v) is 4.77. The fraction of sp³-hybridized carbons (Fsp3) is 0.632. The van der Waals surface area contributed by atoms with Gasteiger partial charge in [0.1, 0.15) is 11.4 Å². The normalized spacial score (nSPS) is 20.0. The van der Waals surface area contributed by atoms with Gasteiger partial charge in [0.25, 0.3) is 0 Å². The molecule has 0 bridgehead atoms. The third kappa shape index (κ3) is 4.38. The summed E-state index contributed by atoms with van der Waals surface area (Å²) in [6, 6.07) is 4.44. The lowest BCUT2D eigenvalue weighted by Crippen LogP contribution is -2.41. The van der Waals surface area contributed by atoms with Crippen LogP contribution in [0.4, 0.5) is 9.18 Å². The second kappa shape index (κ2) is 6.85. The van der Waals surface area contributed by atoms with Gasteiger partial charge in [-0.1, -0.05) is 18.2 Å². The minimum Gasteiger partial charge on any atom is -0.444 e. The standard InChI is InChI=1S/C19H29BFNO4/c1-12(22-16(23)24-17(2,3)4)13-10-9-11-14(15(13)21)20-25-18(5,6)19(7,8)26-20/h9-12H,1-8H3,(H,22,23). The van der Waals surface area contributed by atoms with Crippen molar-refractivity contribution in [3.63, 3.8) is 0 Å². The van der Waals surface area contributed by atoms with E-state index in [9.17, 15) is 4.79 Å². The van der Waals surface area contributed by atoms with Crippen molar-refractivity contribution in [1.82, 2.24) is 5.32 Å². The molecule has 1 N–H and O–H groups in total. The molecule has 0 aromatic heterocycles. The second-order valence-corrected chi connectivity index (χ2v) is 8.71. The molecule has 1 atom stereocenters. The Balaban J connectivity index is 2.21. The molecular formula is C19H29BFNO4. The van der Waals surface area contributed by atoms with E-state index in [0.29, 0.717) is 11.0 Å². The molecule has 1 aromatic rings. The molecule has 0 spiro atoms. The van der Waals surface area contributed by atoms with E-state index in [2.05, 4.69) is 5.32 Å². The molecule has 7 heteroatoms. The van der Waals surface area contributed by atoms with Crippen molar-refractivity contribution < 1.29 is 23.2 Å². The highest BCUT2D eigenvalue weighted by molar-refractivity contribution is 6.62. The average molecular weight is 365 g/mol. The summed E-state index contributed by atoms with van der Waals surface area (Å²) in [7, 11) is -0.798. The summed E-state index contributed by atoms with van der Waals surface area (Å²) in [5.41, 5.74) is -1.06. The molecule has 1 aliphatic heterocycles. The van der Waals surface area contributed by atoms with Gasteiger partial charge in [-0.2, -0.15) is 0 Å². The Kier molecular flexibility index (Phi) is 5.46. The van der Waals surface area contributed by atoms with Gasteiger partial charge in [-0.15, -0.1) is 0 Å². The first-order valence-corrected chi connectivity index (χ1v) is 8.87. The van der Waals surface area contributed by atoms with Crippen molar-refractivity contribution in [2.24, 2.45) is 0 Å². The zero-order valence-corrected chi connectivity index (χ0v) is 16.9. The van der Waals surface area contributed by atoms with Gasteiger partial charge in [-0.3, -0.25) is 0 Å². The number of alkyl carbamates (subject to hydrolysis) is 1. The minimum absolute atomic E-state index is 0.319. The Labute approximate surface area is 155 Å². The summed E-state index contributed by atoms with van der Waals surface area (Å²) in [4.78, 5) is 12.0. The number of amides is 1. The summed E-state index contributed by atoms with van der Waals surface area (Å²) >= 11 is 0. The van der Waals surface area contributed by atoms with Crippen molar-refractivity contribution in [3.05, 3.63) is 29.6 Å². The van der Waals surface area contributed by atoms with Gasteiger partial charge in [-0.25, -0.2) is 9.18 Å². The zero-order valence-electron chi connectivity index (χ0n) is 16.9. The maximum Gasteiger partial charge on any atom is 0.497 e. The lowest BCUT2D eigenvalue weighted by atomic mass is 9.77. The second-order valence-electron chi connectivity index (χ2n) is 8.71. The van der Waals surface area contributed by atoms with E-state index in [4.69, 9.17) is 14.0 Å². The third-order valence-electron chi connectivity index (χ3n) is 4.77. The monoisotopic (exact) mass is 365 g/mol. The van der Waals surface area contributed by atoms with Crippen LogP contribution in [0.1, 0.15) is 67.0 Å². The topological polar surface area (TPSA) is 56.8 Å². The van der Waals surface area contributed by atoms with Gasteiger partial charge < -0.3 is 19.4 Å². The van der Waals surface area contributed by atoms with Crippen molar-refractivity contribution >= 4 is 18.7 Å². The van der Waals surface area contributed by atoms with E-state index in [0.717, 1.165) is 0 Å². The number of hydrogen-bond donors (Lipinski definition) is 1. The number of benzene rings is 1. The highest BCUT2D eigenvalue weighted by Crippen LogP contribution is 2.36. The Hall–Kier alpha value is -1.60. The van der Waals surface area contributed by atoms with Gasteiger partial charge in [0.2, 0.25) is 0 Å².